The van der Waals surface area contributed by atoms with Crippen LogP contribution in [0.1, 0.15) is 40.7 Å². The van der Waals surface area contributed by atoms with Crippen molar-refractivity contribution >= 4 is 17.7 Å². The maximum absolute atomic E-state index is 13.3. The second-order valence-corrected chi connectivity index (χ2v) is 9.67. The second kappa shape index (κ2) is 12.2. The third-order valence-electron chi connectivity index (χ3n) is 6.55. The number of carbonyl (C=O) groups is 2. The molecule has 0 unspecified atom stereocenters. The van der Waals surface area contributed by atoms with Gasteiger partial charge in [0.2, 0.25) is 5.91 Å². The Morgan fingerprint density at radius 2 is 1.90 bits per heavy atom. The zero-order valence-corrected chi connectivity index (χ0v) is 21.5. The summed E-state index contributed by atoms with van der Waals surface area (Å²) in [6.07, 6.45) is -2.05. The minimum absolute atomic E-state index is 0.0658. The monoisotopic (exact) mass is 541 g/mol. The van der Waals surface area contributed by atoms with Gasteiger partial charge in [0.15, 0.2) is 0 Å². The number of carboxylic acid groups (broad SMARTS) is 1. The Bertz CT molecular complexity index is 1310. The summed E-state index contributed by atoms with van der Waals surface area (Å²) in [5.41, 5.74) is 2.54. The van der Waals surface area contributed by atoms with Gasteiger partial charge in [-0.2, -0.15) is 13.2 Å². The molecule has 0 radical (unpaired) electrons. The average molecular weight is 542 g/mol. The number of amides is 1. The van der Waals surface area contributed by atoms with Crippen molar-refractivity contribution in [2.75, 3.05) is 18.5 Å². The largest absolute Gasteiger partial charge is 0.494 e. The summed E-state index contributed by atoms with van der Waals surface area (Å²) in [6.45, 7) is 3.39. The maximum atomic E-state index is 13.3. The number of benzene rings is 2. The van der Waals surface area contributed by atoms with Crippen LogP contribution in [0.25, 0.3) is 0 Å². The molecule has 39 heavy (non-hydrogen) atoms. The summed E-state index contributed by atoms with van der Waals surface area (Å²) >= 11 is 0. The van der Waals surface area contributed by atoms with Gasteiger partial charge in [-0.15, -0.1) is 0 Å². The lowest BCUT2D eigenvalue weighted by molar-refractivity contribution is -0.144. The Balaban J connectivity index is 1.43. The van der Waals surface area contributed by atoms with Crippen molar-refractivity contribution in [3.8, 4) is 5.75 Å². The lowest BCUT2D eigenvalue weighted by atomic mass is 9.94. The molecule has 1 aliphatic heterocycles. The average Bonchev–Trinajstić information content (AvgIpc) is 2.99. The predicted octanol–water partition coefficient (Wildman–Crippen LogP) is 5.47. The number of aromatic nitrogens is 1. The summed E-state index contributed by atoms with van der Waals surface area (Å²) in [5.74, 6) is -0.770. The molecule has 2 N–H and O–H groups in total. The molecule has 10 heteroatoms. The van der Waals surface area contributed by atoms with Gasteiger partial charge in [-0.1, -0.05) is 18.2 Å². The van der Waals surface area contributed by atoms with E-state index in [0.717, 1.165) is 41.1 Å². The highest BCUT2D eigenvalue weighted by Crippen LogP contribution is 2.31. The molecule has 0 aliphatic carbocycles. The number of carboxylic acids is 1. The van der Waals surface area contributed by atoms with Gasteiger partial charge in [-0.25, -0.2) is 4.98 Å². The van der Waals surface area contributed by atoms with Crippen LogP contribution in [0, 0.1) is 12.8 Å². The van der Waals surface area contributed by atoms with E-state index in [1.807, 2.05) is 37.3 Å². The van der Waals surface area contributed by atoms with Gasteiger partial charge < -0.3 is 20.1 Å². The number of anilines is 1. The lowest BCUT2D eigenvalue weighted by Crippen LogP contribution is -2.35. The molecule has 4 rings (SSSR count). The van der Waals surface area contributed by atoms with E-state index in [1.165, 1.54) is 17.0 Å². The quantitative estimate of drug-likeness (QED) is 0.331. The summed E-state index contributed by atoms with van der Waals surface area (Å²) in [5, 5.41) is 12.6. The van der Waals surface area contributed by atoms with Crippen molar-refractivity contribution in [3.63, 3.8) is 0 Å². The molecule has 2 heterocycles. The molecular formula is C29H30F3N3O4. The van der Waals surface area contributed by atoms with Crippen LogP contribution in [-0.2, 0) is 35.3 Å². The highest BCUT2D eigenvalue weighted by molar-refractivity contribution is 5.84. The van der Waals surface area contributed by atoms with E-state index >= 15 is 0 Å². The van der Waals surface area contributed by atoms with Crippen LogP contribution in [0.5, 0.6) is 5.75 Å². The molecule has 3 aromatic rings. The molecule has 0 saturated heterocycles. The van der Waals surface area contributed by atoms with Crippen molar-refractivity contribution in [1.82, 2.24) is 9.88 Å². The SMILES string of the molecule is Cc1ccnc(NCCCOc2ccc3c(c2)CN(Cc2ccc(C(F)(F)F)cc2)C(=O)[C@H](CC(=O)O)C3)c1. The molecule has 7 nitrogen and oxygen atoms in total. The van der Waals surface area contributed by atoms with Gasteiger partial charge >= 0.3 is 12.1 Å². The van der Waals surface area contributed by atoms with E-state index < -0.39 is 23.6 Å². The first-order valence-electron chi connectivity index (χ1n) is 12.7. The normalized spacial score (nSPS) is 15.4. The van der Waals surface area contributed by atoms with Crippen molar-refractivity contribution in [2.45, 2.75) is 45.5 Å². The molecule has 1 aliphatic rings. The summed E-state index contributed by atoms with van der Waals surface area (Å²) in [4.78, 5) is 30.5. The maximum Gasteiger partial charge on any atom is 0.416 e. The molecule has 1 amide bonds. The van der Waals surface area contributed by atoms with Crippen LogP contribution in [0.2, 0.25) is 0 Å². The molecule has 1 aromatic heterocycles. The van der Waals surface area contributed by atoms with Gasteiger partial charge in [0.1, 0.15) is 11.6 Å². The molecule has 0 fully saturated rings. The van der Waals surface area contributed by atoms with Crippen molar-refractivity contribution in [1.29, 1.82) is 0 Å². The van der Waals surface area contributed by atoms with Crippen molar-refractivity contribution in [3.05, 3.63) is 88.6 Å². The number of fused-ring (bicyclic) bond motifs is 1. The first kappa shape index (κ1) is 27.9. The van der Waals surface area contributed by atoms with Gasteiger partial charge in [0, 0.05) is 25.8 Å². The van der Waals surface area contributed by atoms with E-state index in [4.69, 9.17) is 4.74 Å². The van der Waals surface area contributed by atoms with E-state index in [-0.39, 0.29) is 31.8 Å². The zero-order valence-electron chi connectivity index (χ0n) is 21.5. The number of nitrogens with one attached hydrogen (secondary N) is 1. The number of hydrogen-bond acceptors (Lipinski definition) is 5. The van der Waals surface area contributed by atoms with Crippen molar-refractivity contribution < 1.29 is 32.6 Å². The Morgan fingerprint density at radius 1 is 1.13 bits per heavy atom. The third kappa shape index (κ3) is 7.72. The summed E-state index contributed by atoms with van der Waals surface area (Å²) < 4.78 is 44.8. The fourth-order valence-electron chi connectivity index (χ4n) is 4.57. The van der Waals surface area contributed by atoms with Crippen LogP contribution in [0.15, 0.2) is 60.8 Å². The molecule has 2 aromatic carbocycles. The first-order chi connectivity index (χ1) is 18.6. The minimum Gasteiger partial charge on any atom is -0.494 e. The number of aliphatic carboxylic acids is 1. The van der Waals surface area contributed by atoms with E-state index in [9.17, 15) is 27.9 Å². The molecule has 0 bridgehead atoms. The highest BCUT2D eigenvalue weighted by Gasteiger charge is 2.32. The third-order valence-corrected chi connectivity index (χ3v) is 6.55. The Labute approximate surface area is 224 Å². The second-order valence-electron chi connectivity index (χ2n) is 9.67. The number of aryl methyl sites for hydroxylation is 1. The smallest absolute Gasteiger partial charge is 0.416 e. The van der Waals surface area contributed by atoms with E-state index in [0.29, 0.717) is 24.5 Å². The molecule has 1 atom stereocenters. The molecule has 0 spiro atoms. The Morgan fingerprint density at radius 3 is 2.59 bits per heavy atom. The van der Waals surface area contributed by atoms with Gasteiger partial charge in [-0.3, -0.25) is 9.59 Å². The van der Waals surface area contributed by atoms with Gasteiger partial charge in [0.25, 0.3) is 0 Å². The van der Waals surface area contributed by atoms with E-state index in [2.05, 4.69) is 10.3 Å². The Hall–Kier alpha value is -4.08. The molecule has 0 saturated carbocycles. The standard InChI is InChI=1S/C29H30F3N3O4/c1-19-9-11-34-26(13-19)33-10-2-12-39-25-8-5-21-14-22(16-27(36)37)28(38)35(18-23(21)15-25)17-20-3-6-24(7-4-20)29(30,31)32/h3-9,11,13,15,22H,2,10,12,14,16-18H2,1H3,(H,33,34)(H,36,37)/t22-/m0/s1. The van der Waals surface area contributed by atoms with Crippen LogP contribution in [-0.4, -0.2) is 40.0 Å². The van der Waals surface area contributed by atoms with Crippen LogP contribution >= 0.6 is 0 Å². The van der Waals surface area contributed by atoms with Crippen LogP contribution in [0.3, 0.4) is 0 Å². The first-order valence-corrected chi connectivity index (χ1v) is 12.7. The van der Waals surface area contributed by atoms with Gasteiger partial charge in [-0.05, 0) is 78.4 Å². The number of alkyl halides is 3. The number of hydrogen-bond donors (Lipinski definition) is 2. The predicted molar refractivity (Wildman–Crippen MR) is 139 cm³/mol. The number of ether oxygens (including phenoxy) is 1. The van der Waals surface area contributed by atoms with Crippen LogP contribution < -0.4 is 10.1 Å². The topological polar surface area (TPSA) is 91.8 Å². The zero-order chi connectivity index (χ0) is 28.0. The highest BCUT2D eigenvalue weighted by atomic mass is 19.4. The number of nitrogens with zero attached hydrogens (tertiary/aromatic N) is 2. The number of rotatable bonds is 10. The minimum atomic E-state index is -4.45. The fraction of sp³-hybridized carbons (Fsp3) is 0.345. The van der Waals surface area contributed by atoms with Gasteiger partial charge in [0.05, 0.1) is 24.5 Å². The summed E-state index contributed by atoms with van der Waals surface area (Å²) in [7, 11) is 0. The van der Waals surface area contributed by atoms with Crippen molar-refractivity contribution in [2.24, 2.45) is 5.92 Å². The Kier molecular flexibility index (Phi) is 8.73. The van der Waals surface area contributed by atoms with E-state index in [1.54, 1.807) is 6.20 Å². The van der Waals surface area contributed by atoms with Crippen LogP contribution in [0.4, 0.5) is 19.0 Å². The lowest BCUT2D eigenvalue weighted by Gasteiger charge is -2.24. The summed E-state index contributed by atoms with van der Waals surface area (Å²) in [6, 6.07) is 14.0. The molecular weight excluding hydrogens is 511 g/mol. The fourth-order valence-corrected chi connectivity index (χ4v) is 4.57. The molecule has 206 valence electrons. The number of pyridine rings is 1. The number of carbonyl (C=O) groups excluding carboxylic acids is 1. The number of halogens is 3.